The van der Waals surface area contributed by atoms with Crippen LogP contribution in [0.25, 0.3) is 0 Å². The van der Waals surface area contributed by atoms with Gasteiger partial charge >= 0.3 is 6.03 Å². The number of hydrogen-bond donors (Lipinski definition) is 1. The van der Waals surface area contributed by atoms with Gasteiger partial charge in [0.1, 0.15) is 5.76 Å². The number of furan rings is 1. The number of urea groups is 1. The van der Waals surface area contributed by atoms with E-state index in [1.165, 1.54) is 5.56 Å². The number of rotatable bonds is 4. The lowest BCUT2D eigenvalue weighted by atomic mass is 10.0. The zero-order valence-electron chi connectivity index (χ0n) is 14.4. The van der Waals surface area contributed by atoms with E-state index >= 15 is 0 Å². The molecule has 128 valence electrons. The first-order valence-electron chi connectivity index (χ1n) is 8.47. The van der Waals surface area contributed by atoms with Crippen molar-refractivity contribution in [2.45, 2.75) is 32.4 Å². The summed E-state index contributed by atoms with van der Waals surface area (Å²) >= 11 is 0. The molecule has 0 atom stereocenters. The summed E-state index contributed by atoms with van der Waals surface area (Å²) < 4.78 is 5.46. The number of likely N-dealkylation sites (tertiary alicyclic amines) is 1. The maximum absolute atomic E-state index is 12.9. The van der Waals surface area contributed by atoms with Crippen LogP contribution in [0.3, 0.4) is 0 Å². The molecule has 0 aliphatic carbocycles. The summed E-state index contributed by atoms with van der Waals surface area (Å²) in [4.78, 5) is 17.1. The minimum absolute atomic E-state index is 0.0650. The molecule has 5 nitrogen and oxygen atoms in total. The van der Waals surface area contributed by atoms with Crippen LogP contribution in [-0.4, -0.2) is 42.0 Å². The number of carbonyl (C=O) groups is 1. The molecule has 0 radical (unpaired) electrons. The number of nitrogens with zero attached hydrogens (tertiary/aromatic N) is 2. The Morgan fingerprint density at radius 3 is 2.58 bits per heavy atom. The molecule has 0 bridgehead atoms. The van der Waals surface area contributed by atoms with Gasteiger partial charge in [0.25, 0.3) is 0 Å². The molecule has 5 heteroatoms. The van der Waals surface area contributed by atoms with Crippen LogP contribution in [0, 0.1) is 6.92 Å². The average Bonchev–Trinajstić information content (AvgIpc) is 3.09. The summed E-state index contributed by atoms with van der Waals surface area (Å²) in [7, 11) is 2.12. The number of benzene rings is 1. The molecule has 24 heavy (non-hydrogen) atoms. The molecule has 0 saturated carbocycles. The van der Waals surface area contributed by atoms with E-state index < -0.39 is 0 Å². The predicted molar refractivity (Wildman–Crippen MR) is 95.0 cm³/mol. The zero-order chi connectivity index (χ0) is 16.9. The molecule has 1 saturated heterocycles. The van der Waals surface area contributed by atoms with E-state index in [2.05, 4.69) is 17.3 Å². The van der Waals surface area contributed by atoms with Gasteiger partial charge in [-0.2, -0.15) is 0 Å². The van der Waals surface area contributed by atoms with Crippen molar-refractivity contribution >= 4 is 11.7 Å². The Morgan fingerprint density at radius 1 is 1.25 bits per heavy atom. The molecule has 1 aliphatic rings. The first kappa shape index (κ1) is 16.6. The van der Waals surface area contributed by atoms with E-state index in [1.54, 1.807) is 6.26 Å². The average molecular weight is 327 g/mol. The van der Waals surface area contributed by atoms with Crippen molar-refractivity contribution in [2.75, 3.05) is 25.5 Å². The van der Waals surface area contributed by atoms with E-state index in [9.17, 15) is 4.79 Å². The molecule has 1 N–H and O–H groups in total. The van der Waals surface area contributed by atoms with Crippen molar-refractivity contribution in [3.05, 3.63) is 54.0 Å². The van der Waals surface area contributed by atoms with Crippen molar-refractivity contribution in [1.29, 1.82) is 0 Å². The van der Waals surface area contributed by atoms with Crippen LogP contribution in [0.5, 0.6) is 0 Å². The van der Waals surface area contributed by atoms with Crippen molar-refractivity contribution < 1.29 is 9.21 Å². The minimum atomic E-state index is -0.0650. The second-order valence-electron chi connectivity index (χ2n) is 6.54. The molecule has 1 aromatic heterocycles. The lowest BCUT2D eigenvalue weighted by Crippen LogP contribution is -2.47. The van der Waals surface area contributed by atoms with E-state index in [0.717, 1.165) is 37.4 Å². The molecule has 1 fully saturated rings. The van der Waals surface area contributed by atoms with Gasteiger partial charge in [-0.25, -0.2) is 4.79 Å². The number of amides is 2. The molecule has 1 aliphatic heterocycles. The fourth-order valence-corrected chi connectivity index (χ4v) is 3.08. The number of aryl methyl sites for hydroxylation is 1. The monoisotopic (exact) mass is 327 g/mol. The number of piperidine rings is 1. The van der Waals surface area contributed by atoms with Gasteiger partial charge in [0, 0.05) is 11.7 Å². The van der Waals surface area contributed by atoms with Crippen LogP contribution in [0.1, 0.15) is 24.2 Å². The quantitative estimate of drug-likeness (QED) is 0.931. The van der Waals surface area contributed by atoms with Gasteiger partial charge in [0.05, 0.1) is 12.8 Å². The van der Waals surface area contributed by atoms with Gasteiger partial charge in [0.15, 0.2) is 0 Å². The van der Waals surface area contributed by atoms with Crippen molar-refractivity contribution in [2.24, 2.45) is 0 Å². The minimum Gasteiger partial charge on any atom is -0.467 e. The van der Waals surface area contributed by atoms with Gasteiger partial charge in [-0.15, -0.1) is 0 Å². The summed E-state index contributed by atoms with van der Waals surface area (Å²) in [6, 6.07) is 11.8. The second kappa shape index (κ2) is 7.53. The highest BCUT2D eigenvalue weighted by molar-refractivity contribution is 5.89. The normalized spacial score (nSPS) is 16.1. The van der Waals surface area contributed by atoms with Gasteiger partial charge < -0.3 is 19.5 Å². The fourth-order valence-electron chi connectivity index (χ4n) is 3.08. The number of nitrogens with one attached hydrogen (secondary N) is 1. The van der Waals surface area contributed by atoms with E-state index in [4.69, 9.17) is 4.42 Å². The van der Waals surface area contributed by atoms with Crippen LogP contribution in [-0.2, 0) is 6.54 Å². The number of carbonyl (C=O) groups excluding carboxylic acids is 1. The summed E-state index contributed by atoms with van der Waals surface area (Å²) in [6.45, 7) is 4.56. The maximum Gasteiger partial charge on any atom is 0.322 e. The highest BCUT2D eigenvalue weighted by atomic mass is 16.3. The second-order valence-corrected chi connectivity index (χ2v) is 6.54. The Hall–Kier alpha value is -2.27. The summed E-state index contributed by atoms with van der Waals surface area (Å²) in [6.07, 6.45) is 3.62. The van der Waals surface area contributed by atoms with Crippen LogP contribution < -0.4 is 5.32 Å². The lowest BCUT2D eigenvalue weighted by Gasteiger charge is -2.36. The third kappa shape index (κ3) is 4.17. The Morgan fingerprint density at radius 2 is 1.96 bits per heavy atom. The Labute approximate surface area is 143 Å². The summed E-state index contributed by atoms with van der Waals surface area (Å²) in [5, 5.41) is 3.02. The molecular formula is C19H25N3O2. The molecule has 0 unspecified atom stereocenters. The smallest absolute Gasteiger partial charge is 0.322 e. The zero-order valence-corrected chi connectivity index (χ0v) is 14.4. The largest absolute Gasteiger partial charge is 0.467 e. The molecule has 2 amide bonds. The first-order chi connectivity index (χ1) is 11.6. The van der Waals surface area contributed by atoms with Crippen LogP contribution in [0.2, 0.25) is 0 Å². The molecule has 2 heterocycles. The van der Waals surface area contributed by atoms with Gasteiger partial charge in [-0.3, -0.25) is 0 Å². The van der Waals surface area contributed by atoms with E-state index in [-0.39, 0.29) is 12.1 Å². The summed E-state index contributed by atoms with van der Waals surface area (Å²) in [5.41, 5.74) is 2.00. The van der Waals surface area contributed by atoms with Gasteiger partial charge in [0.2, 0.25) is 0 Å². The van der Waals surface area contributed by atoms with Crippen molar-refractivity contribution in [1.82, 2.24) is 9.80 Å². The lowest BCUT2D eigenvalue weighted by molar-refractivity contribution is 0.130. The van der Waals surface area contributed by atoms with Gasteiger partial charge in [-0.05, 0) is 64.2 Å². The maximum atomic E-state index is 12.9. The van der Waals surface area contributed by atoms with Crippen LogP contribution >= 0.6 is 0 Å². The molecular weight excluding hydrogens is 302 g/mol. The Bertz CT molecular complexity index is 644. The standard InChI is InChI=1S/C19H25N3O2/c1-15-5-7-16(8-6-15)20-19(23)22(14-18-4-3-13-24-18)17-9-11-21(2)12-10-17/h3-8,13,17H,9-12,14H2,1-2H3,(H,20,23). The third-order valence-corrected chi connectivity index (χ3v) is 4.60. The molecule has 1 aromatic carbocycles. The van der Waals surface area contributed by atoms with Crippen LogP contribution in [0.15, 0.2) is 47.1 Å². The molecule has 3 rings (SSSR count). The van der Waals surface area contributed by atoms with E-state index in [1.807, 2.05) is 48.2 Å². The highest BCUT2D eigenvalue weighted by Crippen LogP contribution is 2.20. The van der Waals surface area contributed by atoms with Crippen molar-refractivity contribution in [3.8, 4) is 0 Å². The first-order valence-corrected chi connectivity index (χ1v) is 8.47. The van der Waals surface area contributed by atoms with E-state index in [0.29, 0.717) is 6.54 Å². The van der Waals surface area contributed by atoms with Crippen LogP contribution in [0.4, 0.5) is 10.5 Å². The number of hydrogen-bond acceptors (Lipinski definition) is 3. The predicted octanol–water partition coefficient (Wildman–Crippen LogP) is 3.72. The van der Waals surface area contributed by atoms with Crippen molar-refractivity contribution in [3.63, 3.8) is 0 Å². The highest BCUT2D eigenvalue weighted by Gasteiger charge is 2.27. The third-order valence-electron chi connectivity index (χ3n) is 4.60. The topological polar surface area (TPSA) is 48.7 Å². The molecule has 0 spiro atoms. The summed E-state index contributed by atoms with van der Waals surface area (Å²) in [5.74, 6) is 0.813. The number of anilines is 1. The fraction of sp³-hybridized carbons (Fsp3) is 0.421. The Kier molecular flexibility index (Phi) is 5.20. The SMILES string of the molecule is Cc1ccc(NC(=O)N(Cc2ccco2)C2CCN(C)CC2)cc1. The Balaban J connectivity index is 1.72. The van der Waals surface area contributed by atoms with Gasteiger partial charge in [-0.1, -0.05) is 17.7 Å². The molecule has 2 aromatic rings.